The van der Waals surface area contributed by atoms with Crippen LogP contribution in [0.3, 0.4) is 0 Å². The van der Waals surface area contributed by atoms with Gasteiger partial charge in [0.25, 0.3) is 0 Å². The van der Waals surface area contributed by atoms with Gasteiger partial charge in [0.15, 0.2) is 0 Å². The molecule has 3 unspecified atom stereocenters. The van der Waals surface area contributed by atoms with Crippen molar-refractivity contribution in [1.29, 1.82) is 0 Å². The van der Waals surface area contributed by atoms with E-state index in [9.17, 15) is 0 Å². The standard InChI is InChI=1S/C25H28N2O2.2C2H6/c1-17-5-11-21(12-6-17)27-18(2)24(19-7-13-22(28-3)14-8-19)26-25(27)20-9-15-23(29-4)16-10-20;2*1-2/h5-16,18,24-26H,1-4H3;2*1-2H3. The van der Waals surface area contributed by atoms with E-state index < -0.39 is 0 Å². The summed E-state index contributed by atoms with van der Waals surface area (Å²) in [4.78, 5) is 2.47. The number of ether oxygens (including phenoxy) is 2. The SMILES string of the molecule is CC.CC.COc1ccc(C2NC(c3ccc(OC)cc3)N(c3ccc(C)cc3)C2C)cc1. The van der Waals surface area contributed by atoms with Gasteiger partial charge in [-0.1, -0.05) is 69.7 Å². The molecule has 33 heavy (non-hydrogen) atoms. The van der Waals surface area contributed by atoms with Gasteiger partial charge in [-0.05, 0) is 61.4 Å². The third-order valence-corrected chi connectivity index (χ3v) is 5.78. The van der Waals surface area contributed by atoms with Crippen LogP contribution in [-0.4, -0.2) is 20.3 Å². The number of hydrogen-bond acceptors (Lipinski definition) is 4. The first-order chi connectivity index (χ1) is 16.1. The molecule has 0 amide bonds. The maximum Gasteiger partial charge on any atom is 0.118 e. The highest BCUT2D eigenvalue weighted by Crippen LogP contribution is 2.40. The predicted molar refractivity (Wildman–Crippen MR) is 140 cm³/mol. The molecule has 0 bridgehead atoms. The highest BCUT2D eigenvalue weighted by atomic mass is 16.5. The van der Waals surface area contributed by atoms with Crippen molar-refractivity contribution in [2.45, 2.75) is 59.8 Å². The summed E-state index contributed by atoms with van der Waals surface area (Å²) in [5.41, 5.74) is 4.95. The van der Waals surface area contributed by atoms with Crippen molar-refractivity contribution in [3.05, 3.63) is 89.5 Å². The number of rotatable bonds is 5. The molecule has 1 aliphatic heterocycles. The molecule has 0 saturated carbocycles. The van der Waals surface area contributed by atoms with Gasteiger partial charge in [0.2, 0.25) is 0 Å². The Morgan fingerprint density at radius 2 is 1.12 bits per heavy atom. The normalized spacial score (nSPS) is 19.0. The molecule has 4 rings (SSSR count). The molecular weight excluding hydrogens is 408 g/mol. The van der Waals surface area contributed by atoms with Crippen LogP contribution in [0, 0.1) is 6.92 Å². The van der Waals surface area contributed by atoms with E-state index in [1.165, 1.54) is 22.4 Å². The fourth-order valence-electron chi connectivity index (χ4n) is 4.12. The van der Waals surface area contributed by atoms with E-state index >= 15 is 0 Å². The molecule has 3 aromatic carbocycles. The van der Waals surface area contributed by atoms with Crippen LogP contribution in [0.15, 0.2) is 72.8 Å². The molecule has 1 fully saturated rings. The van der Waals surface area contributed by atoms with Gasteiger partial charge in [0, 0.05) is 11.7 Å². The molecule has 1 heterocycles. The lowest BCUT2D eigenvalue weighted by Crippen LogP contribution is -2.31. The van der Waals surface area contributed by atoms with Crippen molar-refractivity contribution in [3.8, 4) is 11.5 Å². The van der Waals surface area contributed by atoms with Gasteiger partial charge < -0.3 is 14.4 Å². The Hall–Kier alpha value is -2.98. The van der Waals surface area contributed by atoms with E-state index in [0.29, 0.717) is 0 Å². The van der Waals surface area contributed by atoms with Crippen LogP contribution in [0.5, 0.6) is 11.5 Å². The lowest BCUT2D eigenvalue weighted by Gasteiger charge is -2.31. The quantitative estimate of drug-likeness (QED) is 0.444. The van der Waals surface area contributed by atoms with Crippen molar-refractivity contribution in [1.82, 2.24) is 5.32 Å². The molecule has 0 aliphatic carbocycles. The Kier molecular flexibility index (Phi) is 10.3. The summed E-state index contributed by atoms with van der Waals surface area (Å²) in [6.45, 7) is 12.4. The van der Waals surface area contributed by atoms with Gasteiger partial charge in [0.05, 0.1) is 20.3 Å². The lowest BCUT2D eigenvalue weighted by atomic mass is 10.0. The van der Waals surface area contributed by atoms with Gasteiger partial charge >= 0.3 is 0 Å². The molecule has 0 aromatic heterocycles. The van der Waals surface area contributed by atoms with Gasteiger partial charge in [-0.15, -0.1) is 0 Å². The zero-order valence-electron chi connectivity index (χ0n) is 21.4. The number of anilines is 1. The average Bonchev–Trinajstić information content (AvgIpc) is 3.24. The van der Waals surface area contributed by atoms with E-state index in [2.05, 4.69) is 72.6 Å². The van der Waals surface area contributed by atoms with Crippen molar-refractivity contribution in [2.24, 2.45) is 0 Å². The predicted octanol–water partition coefficient (Wildman–Crippen LogP) is 7.30. The summed E-state index contributed by atoms with van der Waals surface area (Å²) in [5.74, 6) is 1.75. The molecule has 1 aliphatic rings. The minimum Gasteiger partial charge on any atom is -0.497 e. The number of hydrogen-bond donors (Lipinski definition) is 1. The first-order valence-corrected chi connectivity index (χ1v) is 12.0. The van der Waals surface area contributed by atoms with Gasteiger partial charge in [-0.2, -0.15) is 0 Å². The van der Waals surface area contributed by atoms with Crippen LogP contribution in [-0.2, 0) is 0 Å². The summed E-state index contributed by atoms with van der Waals surface area (Å²) in [5, 5.41) is 3.86. The van der Waals surface area contributed by atoms with E-state index in [1.807, 2.05) is 52.0 Å². The van der Waals surface area contributed by atoms with E-state index in [-0.39, 0.29) is 18.2 Å². The zero-order valence-corrected chi connectivity index (χ0v) is 21.4. The highest BCUT2D eigenvalue weighted by Gasteiger charge is 2.39. The molecule has 1 N–H and O–H groups in total. The number of aryl methyl sites for hydroxylation is 1. The molecule has 4 heteroatoms. The van der Waals surface area contributed by atoms with Crippen molar-refractivity contribution >= 4 is 5.69 Å². The Bertz CT molecular complexity index is 937. The Balaban J connectivity index is 0.000000914. The molecule has 0 spiro atoms. The topological polar surface area (TPSA) is 33.7 Å². The second-order valence-corrected chi connectivity index (χ2v) is 7.58. The molecule has 3 aromatic rings. The Labute approximate surface area is 200 Å². The van der Waals surface area contributed by atoms with Crippen molar-refractivity contribution < 1.29 is 9.47 Å². The van der Waals surface area contributed by atoms with Gasteiger partial charge in [0.1, 0.15) is 17.7 Å². The van der Waals surface area contributed by atoms with E-state index in [0.717, 1.165) is 11.5 Å². The monoisotopic (exact) mass is 448 g/mol. The summed E-state index contributed by atoms with van der Waals surface area (Å²) >= 11 is 0. The lowest BCUT2D eigenvalue weighted by molar-refractivity contribution is 0.414. The summed E-state index contributed by atoms with van der Waals surface area (Å²) in [7, 11) is 3.40. The average molecular weight is 449 g/mol. The molecule has 4 nitrogen and oxygen atoms in total. The fraction of sp³-hybridized carbons (Fsp3) is 0.379. The molecule has 178 valence electrons. The first kappa shape index (κ1) is 26.3. The number of benzene rings is 3. The van der Waals surface area contributed by atoms with Crippen molar-refractivity contribution in [2.75, 3.05) is 19.1 Å². The molecule has 3 atom stereocenters. The van der Waals surface area contributed by atoms with Crippen LogP contribution < -0.4 is 19.7 Å². The largest absolute Gasteiger partial charge is 0.497 e. The Morgan fingerprint density at radius 3 is 1.58 bits per heavy atom. The van der Waals surface area contributed by atoms with Gasteiger partial charge in [-0.25, -0.2) is 0 Å². The molecule has 0 radical (unpaired) electrons. The third-order valence-electron chi connectivity index (χ3n) is 5.78. The van der Waals surface area contributed by atoms with Crippen molar-refractivity contribution in [3.63, 3.8) is 0 Å². The maximum atomic E-state index is 5.34. The highest BCUT2D eigenvalue weighted by molar-refractivity contribution is 5.54. The smallest absolute Gasteiger partial charge is 0.118 e. The van der Waals surface area contributed by atoms with E-state index in [1.54, 1.807) is 14.2 Å². The number of nitrogens with one attached hydrogen (secondary N) is 1. The molecular formula is C29H40N2O2. The fourth-order valence-corrected chi connectivity index (χ4v) is 4.12. The first-order valence-electron chi connectivity index (χ1n) is 12.0. The number of nitrogens with zero attached hydrogens (tertiary/aromatic N) is 1. The minimum absolute atomic E-state index is 0.0747. The molecule has 1 saturated heterocycles. The second-order valence-electron chi connectivity index (χ2n) is 7.58. The zero-order chi connectivity index (χ0) is 24.4. The second kappa shape index (κ2) is 12.9. The maximum absolute atomic E-state index is 5.34. The summed E-state index contributed by atoms with van der Waals surface area (Å²) in [6, 6.07) is 25.9. The third kappa shape index (κ3) is 6.08. The van der Waals surface area contributed by atoms with Crippen LogP contribution in [0.1, 0.15) is 63.5 Å². The minimum atomic E-state index is 0.0747. The Morgan fingerprint density at radius 1 is 0.667 bits per heavy atom. The van der Waals surface area contributed by atoms with Gasteiger partial charge in [-0.3, -0.25) is 5.32 Å². The summed E-state index contributed by atoms with van der Waals surface area (Å²) < 4.78 is 10.7. The van der Waals surface area contributed by atoms with Crippen LogP contribution in [0.2, 0.25) is 0 Å². The van der Waals surface area contributed by atoms with Crippen LogP contribution >= 0.6 is 0 Å². The van der Waals surface area contributed by atoms with E-state index in [4.69, 9.17) is 9.47 Å². The number of methoxy groups -OCH3 is 2. The van der Waals surface area contributed by atoms with Crippen LogP contribution in [0.4, 0.5) is 5.69 Å². The van der Waals surface area contributed by atoms with Crippen LogP contribution in [0.25, 0.3) is 0 Å². The summed E-state index contributed by atoms with van der Waals surface area (Å²) in [6.07, 6.45) is 0.0747.